The molecule has 0 N–H and O–H groups in total. The molecule has 0 unspecified atom stereocenters. The van der Waals surface area contributed by atoms with Gasteiger partial charge in [0.1, 0.15) is 0 Å². The molecule has 0 bridgehead atoms. The fourth-order valence-electron chi connectivity index (χ4n) is 2.53. The van der Waals surface area contributed by atoms with E-state index in [9.17, 15) is 0 Å². The average Bonchev–Trinajstić information content (AvgIpc) is 2.37. The monoisotopic (exact) mass is 214 g/mol. The Labute approximate surface area is 99.4 Å². The standard InChI is InChI=1S/C16H22/c1-3-9-15(10-4-1)13-7-8-14-16-11-5-2-6-12-16/h1-5,9-10,16H,6-8,11-14H2/t16-/m1/s1. The van der Waals surface area contributed by atoms with E-state index in [1.165, 1.54) is 50.5 Å². The molecule has 86 valence electrons. The van der Waals surface area contributed by atoms with Crippen LogP contribution in [0, 0.1) is 5.92 Å². The molecular weight excluding hydrogens is 192 g/mol. The first-order valence-corrected chi connectivity index (χ1v) is 6.64. The highest BCUT2D eigenvalue weighted by molar-refractivity contribution is 5.14. The summed E-state index contributed by atoms with van der Waals surface area (Å²) in [6, 6.07) is 10.9. The molecule has 1 aliphatic rings. The van der Waals surface area contributed by atoms with E-state index >= 15 is 0 Å². The molecule has 2 rings (SSSR count). The second kappa shape index (κ2) is 6.52. The van der Waals surface area contributed by atoms with Gasteiger partial charge in [-0.2, -0.15) is 0 Å². The van der Waals surface area contributed by atoms with Crippen LogP contribution in [0.3, 0.4) is 0 Å². The Morgan fingerprint density at radius 1 is 1.00 bits per heavy atom. The molecule has 1 atom stereocenters. The van der Waals surface area contributed by atoms with Crippen molar-refractivity contribution < 1.29 is 0 Å². The number of aryl methyl sites for hydroxylation is 1. The van der Waals surface area contributed by atoms with Crippen molar-refractivity contribution in [3.8, 4) is 0 Å². The lowest BCUT2D eigenvalue weighted by Gasteiger charge is -2.17. The van der Waals surface area contributed by atoms with Crippen LogP contribution in [0.4, 0.5) is 0 Å². The van der Waals surface area contributed by atoms with Gasteiger partial charge in [0.05, 0.1) is 0 Å². The van der Waals surface area contributed by atoms with Gasteiger partial charge in [0.25, 0.3) is 0 Å². The van der Waals surface area contributed by atoms with E-state index in [1.54, 1.807) is 0 Å². The summed E-state index contributed by atoms with van der Waals surface area (Å²) in [5.41, 5.74) is 1.49. The molecule has 16 heavy (non-hydrogen) atoms. The van der Waals surface area contributed by atoms with Crippen LogP contribution in [0.25, 0.3) is 0 Å². The number of rotatable bonds is 5. The normalized spacial score (nSPS) is 19.9. The zero-order chi connectivity index (χ0) is 11.1. The number of benzene rings is 1. The predicted molar refractivity (Wildman–Crippen MR) is 70.5 cm³/mol. The van der Waals surface area contributed by atoms with Crippen LogP contribution in [0.1, 0.15) is 44.1 Å². The highest BCUT2D eigenvalue weighted by atomic mass is 14.1. The Kier molecular flexibility index (Phi) is 4.67. The maximum atomic E-state index is 2.37. The fourth-order valence-corrected chi connectivity index (χ4v) is 2.53. The van der Waals surface area contributed by atoms with E-state index in [4.69, 9.17) is 0 Å². The smallest absolute Gasteiger partial charge is 0.0279 e. The van der Waals surface area contributed by atoms with Gasteiger partial charge in [-0.05, 0) is 43.6 Å². The highest BCUT2D eigenvalue weighted by Crippen LogP contribution is 2.23. The van der Waals surface area contributed by atoms with Crippen LogP contribution in [-0.4, -0.2) is 0 Å². The third-order valence-corrected chi connectivity index (χ3v) is 3.55. The molecule has 0 spiro atoms. The van der Waals surface area contributed by atoms with Crippen LogP contribution in [0.2, 0.25) is 0 Å². The molecule has 0 aromatic heterocycles. The molecule has 0 aliphatic heterocycles. The molecule has 0 saturated heterocycles. The van der Waals surface area contributed by atoms with E-state index in [-0.39, 0.29) is 0 Å². The topological polar surface area (TPSA) is 0 Å². The van der Waals surface area contributed by atoms with Crippen molar-refractivity contribution in [2.45, 2.75) is 44.9 Å². The van der Waals surface area contributed by atoms with Gasteiger partial charge in [-0.25, -0.2) is 0 Å². The van der Waals surface area contributed by atoms with Gasteiger partial charge < -0.3 is 0 Å². The molecule has 0 radical (unpaired) electrons. The van der Waals surface area contributed by atoms with Gasteiger partial charge in [-0.15, -0.1) is 0 Å². The highest BCUT2D eigenvalue weighted by Gasteiger charge is 2.08. The molecule has 1 aromatic carbocycles. The van der Waals surface area contributed by atoms with E-state index in [2.05, 4.69) is 42.5 Å². The van der Waals surface area contributed by atoms with Gasteiger partial charge in [-0.3, -0.25) is 0 Å². The molecule has 1 aromatic rings. The largest absolute Gasteiger partial charge is 0.0885 e. The number of hydrogen-bond acceptors (Lipinski definition) is 0. The first-order chi connectivity index (χ1) is 7.95. The summed E-state index contributed by atoms with van der Waals surface area (Å²) in [7, 11) is 0. The van der Waals surface area contributed by atoms with Crippen LogP contribution >= 0.6 is 0 Å². The number of unbranched alkanes of at least 4 members (excludes halogenated alkanes) is 1. The van der Waals surface area contributed by atoms with Crippen LogP contribution in [0.5, 0.6) is 0 Å². The van der Waals surface area contributed by atoms with Crippen LogP contribution in [0.15, 0.2) is 42.5 Å². The summed E-state index contributed by atoms with van der Waals surface area (Å²) in [5.74, 6) is 0.973. The Hall–Kier alpha value is -1.04. The van der Waals surface area contributed by atoms with E-state index in [0.717, 1.165) is 5.92 Å². The number of hydrogen-bond donors (Lipinski definition) is 0. The van der Waals surface area contributed by atoms with Crippen molar-refractivity contribution in [3.63, 3.8) is 0 Å². The first kappa shape index (κ1) is 11.4. The lowest BCUT2D eigenvalue weighted by molar-refractivity contribution is 0.425. The summed E-state index contributed by atoms with van der Waals surface area (Å²) < 4.78 is 0. The van der Waals surface area contributed by atoms with E-state index in [1.807, 2.05) is 0 Å². The summed E-state index contributed by atoms with van der Waals surface area (Å²) in [6.07, 6.45) is 14.2. The van der Waals surface area contributed by atoms with Gasteiger partial charge in [0.2, 0.25) is 0 Å². The zero-order valence-corrected chi connectivity index (χ0v) is 10.1. The predicted octanol–water partition coefficient (Wildman–Crippen LogP) is 4.76. The Morgan fingerprint density at radius 2 is 1.88 bits per heavy atom. The van der Waals surface area contributed by atoms with Crippen molar-refractivity contribution in [1.82, 2.24) is 0 Å². The maximum Gasteiger partial charge on any atom is -0.0279 e. The molecule has 0 heteroatoms. The van der Waals surface area contributed by atoms with Crippen molar-refractivity contribution >= 4 is 0 Å². The van der Waals surface area contributed by atoms with E-state index in [0.29, 0.717) is 0 Å². The molecule has 1 aliphatic carbocycles. The molecule has 0 heterocycles. The third-order valence-electron chi connectivity index (χ3n) is 3.55. The second-order valence-electron chi connectivity index (χ2n) is 4.88. The average molecular weight is 214 g/mol. The SMILES string of the molecule is C1=CC[C@@H](CCCCc2ccccc2)CC1. The minimum Gasteiger partial charge on any atom is -0.0885 e. The molecule has 0 fully saturated rings. The Morgan fingerprint density at radius 3 is 2.62 bits per heavy atom. The maximum absolute atomic E-state index is 2.37. The molecular formula is C16H22. The summed E-state index contributed by atoms with van der Waals surface area (Å²) >= 11 is 0. The molecule has 0 amide bonds. The zero-order valence-electron chi connectivity index (χ0n) is 10.1. The lowest BCUT2D eigenvalue weighted by atomic mass is 9.89. The van der Waals surface area contributed by atoms with E-state index < -0.39 is 0 Å². The Balaban J connectivity index is 1.60. The molecule has 0 nitrogen and oxygen atoms in total. The van der Waals surface area contributed by atoms with Crippen molar-refractivity contribution in [2.75, 3.05) is 0 Å². The van der Waals surface area contributed by atoms with Gasteiger partial charge in [0, 0.05) is 0 Å². The Bertz CT molecular complexity index is 310. The van der Waals surface area contributed by atoms with Crippen molar-refractivity contribution in [2.24, 2.45) is 5.92 Å². The van der Waals surface area contributed by atoms with Gasteiger partial charge >= 0.3 is 0 Å². The lowest BCUT2D eigenvalue weighted by Crippen LogP contribution is -2.02. The third kappa shape index (κ3) is 3.84. The summed E-state index contributed by atoms with van der Waals surface area (Å²) in [6.45, 7) is 0. The first-order valence-electron chi connectivity index (χ1n) is 6.64. The molecule has 0 saturated carbocycles. The van der Waals surface area contributed by atoms with Crippen molar-refractivity contribution in [3.05, 3.63) is 48.0 Å². The van der Waals surface area contributed by atoms with Gasteiger partial charge in [0.15, 0.2) is 0 Å². The van der Waals surface area contributed by atoms with Crippen LogP contribution < -0.4 is 0 Å². The second-order valence-corrected chi connectivity index (χ2v) is 4.88. The number of allylic oxidation sites excluding steroid dienone is 2. The summed E-state index contributed by atoms with van der Waals surface area (Å²) in [4.78, 5) is 0. The minimum atomic E-state index is 0.973. The quantitative estimate of drug-likeness (QED) is 0.490. The minimum absolute atomic E-state index is 0.973. The van der Waals surface area contributed by atoms with Crippen molar-refractivity contribution in [1.29, 1.82) is 0 Å². The van der Waals surface area contributed by atoms with Crippen LogP contribution in [-0.2, 0) is 6.42 Å². The van der Waals surface area contributed by atoms with Gasteiger partial charge in [-0.1, -0.05) is 55.3 Å². The summed E-state index contributed by atoms with van der Waals surface area (Å²) in [5, 5.41) is 0. The fraction of sp³-hybridized carbons (Fsp3) is 0.500.